The molecule has 2 aliphatic rings. The molecule has 2 N–H and O–H groups in total. The highest BCUT2D eigenvalue weighted by atomic mass is 16.5. The van der Waals surface area contributed by atoms with Gasteiger partial charge in [0, 0.05) is 35.0 Å². The quantitative estimate of drug-likeness (QED) is 0.352. The third-order valence-corrected chi connectivity index (χ3v) is 7.85. The number of nitrogens with one attached hydrogen (secondary N) is 1. The Morgan fingerprint density at radius 2 is 1.76 bits per heavy atom. The molecule has 3 heterocycles. The molecule has 0 saturated carbocycles. The van der Waals surface area contributed by atoms with Crippen LogP contribution in [0.15, 0.2) is 75.9 Å². The van der Waals surface area contributed by atoms with E-state index in [4.69, 9.17) is 9.15 Å². The molecule has 6 nitrogen and oxygen atoms in total. The van der Waals surface area contributed by atoms with E-state index in [9.17, 15) is 14.7 Å². The minimum atomic E-state index is -0.915. The molecule has 0 radical (unpaired) electrons. The molecule has 3 unspecified atom stereocenters. The van der Waals surface area contributed by atoms with E-state index in [0.29, 0.717) is 41.1 Å². The van der Waals surface area contributed by atoms with Gasteiger partial charge in [-0.05, 0) is 36.6 Å². The summed E-state index contributed by atoms with van der Waals surface area (Å²) in [7, 11) is 0. The first-order valence-corrected chi connectivity index (χ1v) is 12.7. The summed E-state index contributed by atoms with van der Waals surface area (Å²) >= 11 is 0. The predicted molar refractivity (Wildman–Crippen MR) is 142 cm³/mol. The first-order chi connectivity index (χ1) is 17.9. The first kappa shape index (κ1) is 23.6. The van der Waals surface area contributed by atoms with Crippen LogP contribution >= 0.6 is 0 Å². The van der Waals surface area contributed by atoms with Gasteiger partial charge in [-0.1, -0.05) is 61.5 Å². The van der Waals surface area contributed by atoms with Gasteiger partial charge in [-0.3, -0.25) is 4.79 Å². The second kappa shape index (κ2) is 9.29. The molecule has 2 fully saturated rings. The molecule has 6 rings (SSSR count). The van der Waals surface area contributed by atoms with Gasteiger partial charge in [-0.2, -0.15) is 0 Å². The number of rotatable bonds is 6. The monoisotopic (exact) mass is 495 g/mol. The molecule has 6 heteroatoms. The molecular formula is C31H29NO5. The number of hydrogen-bond acceptors (Lipinski definition) is 5. The van der Waals surface area contributed by atoms with Gasteiger partial charge in [0.25, 0.3) is 0 Å². The lowest BCUT2D eigenvalue weighted by molar-refractivity contribution is 0.00777. The van der Waals surface area contributed by atoms with E-state index in [0.717, 1.165) is 28.7 Å². The summed E-state index contributed by atoms with van der Waals surface area (Å²) in [6, 6.07) is 21.1. The molecule has 188 valence electrons. The van der Waals surface area contributed by atoms with Crippen LogP contribution in [0.4, 0.5) is 0 Å². The molecule has 2 saturated heterocycles. The number of carbonyl (C=O) groups is 1. The second-order valence-electron chi connectivity index (χ2n) is 10.2. The van der Waals surface area contributed by atoms with Crippen LogP contribution in [0, 0.1) is 6.92 Å². The normalized spacial score (nSPS) is 20.3. The van der Waals surface area contributed by atoms with Gasteiger partial charge in [-0.25, -0.2) is 4.79 Å². The summed E-state index contributed by atoms with van der Waals surface area (Å²) in [5.74, 6) is -0.208. The maximum Gasteiger partial charge on any atom is 0.336 e. The van der Waals surface area contributed by atoms with Crippen LogP contribution in [-0.2, 0) is 4.74 Å². The number of benzene rings is 3. The van der Waals surface area contributed by atoms with Crippen molar-refractivity contribution in [2.24, 2.45) is 0 Å². The number of ether oxygens (including phenoxy) is 1. The highest BCUT2D eigenvalue weighted by Gasteiger charge is 2.37. The van der Waals surface area contributed by atoms with Gasteiger partial charge in [0.1, 0.15) is 11.3 Å². The van der Waals surface area contributed by atoms with Crippen molar-refractivity contribution in [2.45, 2.75) is 44.2 Å². The maximum absolute atomic E-state index is 13.9. The van der Waals surface area contributed by atoms with E-state index in [1.165, 1.54) is 0 Å². The molecule has 0 amide bonds. The molecule has 3 aromatic carbocycles. The van der Waals surface area contributed by atoms with Crippen molar-refractivity contribution in [3.63, 3.8) is 0 Å². The number of carboxylic acid groups (broad SMARTS) is 1. The molecule has 0 bridgehead atoms. The minimum absolute atomic E-state index is 0.0142. The zero-order chi connectivity index (χ0) is 25.7. The number of aryl methyl sites for hydroxylation is 1. The zero-order valence-corrected chi connectivity index (χ0v) is 20.9. The van der Waals surface area contributed by atoms with Crippen molar-refractivity contribution in [2.75, 3.05) is 13.2 Å². The smallest absolute Gasteiger partial charge is 0.336 e. The SMILES string of the molecule is Cc1cc(C(C)C2CC(c3ccccc3C(=O)O)N2)c2oc(-c3ccccc3)c(C3COC3)c(=O)c2c1. The maximum atomic E-state index is 13.9. The summed E-state index contributed by atoms with van der Waals surface area (Å²) in [6.45, 7) is 5.19. The van der Waals surface area contributed by atoms with Crippen LogP contribution in [0.5, 0.6) is 0 Å². The molecular weight excluding hydrogens is 466 g/mol. The summed E-state index contributed by atoms with van der Waals surface area (Å²) in [4.78, 5) is 25.6. The average Bonchev–Trinajstić information content (AvgIpc) is 2.84. The average molecular weight is 496 g/mol. The standard InChI is InChI=1S/C31H29NO5/c1-17-12-23(18(2)25-14-26(32-25)21-10-6-7-11-22(21)31(34)35)30-24(13-17)28(33)27(20-15-36-16-20)29(37-30)19-8-4-3-5-9-19/h3-13,18,20,25-26,32H,14-16H2,1-2H3,(H,34,35). The molecule has 0 spiro atoms. The Balaban J connectivity index is 1.41. The Morgan fingerprint density at radius 3 is 2.43 bits per heavy atom. The third-order valence-electron chi connectivity index (χ3n) is 7.85. The van der Waals surface area contributed by atoms with Crippen molar-refractivity contribution < 1.29 is 19.1 Å². The molecule has 37 heavy (non-hydrogen) atoms. The highest BCUT2D eigenvalue weighted by molar-refractivity contribution is 5.89. The Bertz CT molecular complexity index is 1550. The fourth-order valence-electron chi connectivity index (χ4n) is 5.67. The largest absolute Gasteiger partial charge is 0.478 e. The number of carboxylic acids is 1. The van der Waals surface area contributed by atoms with Gasteiger partial charge in [0.15, 0.2) is 5.43 Å². The van der Waals surface area contributed by atoms with E-state index >= 15 is 0 Å². The summed E-state index contributed by atoms with van der Waals surface area (Å²) < 4.78 is 12.1. The van der Waals surface area contributed by atoms with E-state index in [1.807, 2.05) is 55.5 Å². The Morgan fingerprint density at radius 1 is 1.05 bits per heavy atom. The molecule has 1 aromatic heterocycles. The lowest BCUT2D eigenvalue weighted by Crippen LogP contribution is -2.49. The van der Waals surface area contributed by atoms with E-state index in [1.54, 1.807) is 12.1 Å². The van der Waals surface area contributed by atoms with Crippen LogP contribution < -0.4 is 10.7 Å². The number of fused-ring (bicyclic) bond motifs is 1. The minimum Gasteiger partial charge on any atom is -0.478 e. The second-order valence-corrected chi connectivity index (χ2v) is 10.2. The predicted octanol–water partition coefficient (Wildman–Crippen LogP) is 5.79. The zero-order valence-electron chi connectivity index (χ0n) is 20.9. The van der Waals surface area contributed by atoms with E-state index < -0.39 is 5.97 Å². The Hall–Kier alpha value is -3.74. The fourth-order valence-corrected chi connectivity index (χ4v) is 5.67. The van der Waals surface area contributed by atoms with Crippen LogP contribution in [0.2, 0.25) is 0 Å². The number of aromatic carboxylic acids is 1. The summed E-state index contributed by atoms with van der Waals surface area (Å²) in [5.41, 5.74) is 5.36. The Labute approximate surface area is 214 Å². The van der Waals surface area contributed by atoms with Crippen LogP contribution in [0.3, 0.4) is 0 Å². The highest BCUT2D eigenvalue weighted by Crippen LogP contribution is 2.41. The van der Waals surface area contributed by atoms with Crippen molar-refractivity contribution in [3.05, 3.63) is 105 Å². The fraction of sp³-hybridized carbons (Fsp3) is 0.290. The molecule has 3 atom stereocenters. The van der Waals surface area contributed by atoms with Gasteiger partial charge < -0.3 is 19.6 Å². The molecule has 4 aromatic rings. The Kier molecular flexibility index (Phi) is 5.94. The van der Waals surface area contributed by atoms with Gasteiger partial charge in [-0.15, -0.1) is 0 Å². The van der Waals surface area contributed by atoms with Crippen molar-refractivity contribution >= 4 is 16.9 Å². The van der Waals surface area contributed by atoms with Gasteiger partial charge in [0.2, 0.25) is 0 Å². The van der Waals surface area contributed by atoms with Crippen LogP contribution in [-0.4, -0.2) is 30.3 Å². The van der Waals surface area contributed by atoms with Crippen molar-refractivity contribution in [1.82, 2.24) is 5.32 Å². The lowest BCUT2D eigenvalue weighted by Gasteiger charge is -2.42. The van der Waals surface area contributed by atoms with Crippen LogP contribution in [0.25, 0.3) is 22.3 Å². The van der Waals surface area contributed by atoms with Crippen LogP contribution in [0.1, 0.15) is 63.8 Å². The lowest BCUT2D eigenvalue weighted by atomic mass is 9.79. The van der Waals surface area contributed by atoms with Gasteiger partial charge in [0.05, 0.1) is 29.7 Å². The van der Waals surface area contributed by atoms with Crippen molar-refractivity contribution in [1.29, 1.82) is 0 Å². The molecule has 2 aliphatic heterocycles. The number of hydrogen-bond donors (Lipinski definition) is 2. The van der Waals surface area contributed by atoms with Gasteiger partial charge >= 0.3 is 5.97 Å². The molecule has 0 aliphatic carbocycles. The third kappa shape index (κ3) is 4.06. The first-order valence-electron chi connectivity index (χ1n) is 12.7. The van der Waals surface area contributed by atoms with E-state index in [-0.39, 0.29) is 29.3 Å². The van der Waals surface area contributed by atoms with E-state index in [2.05, 4.69) is 18.3 Å². The topological polar surface area (TPSA) is 88.8 Å². The van der Waals surface area contributed by atoms with Crippen molar-refractivity contribution in [3.8, 4) is 11.3 Å². The summed E-state index contributed by atoms with van der Waals surface area (Å²) in [5, 5.41) is 13.8. The summed E-state index contributed by atoms with van der Waals surface area (Å²) in [6.07, 6.45) is 0.800.